The summed E-state index contributed by atoms with van der Waals surface area (Å²) in [5.74, 6) is 2.48. The zero-order valence-corrected chi connectivity index (χ0v) is 26.0. The molecule has 0 bridgehead atoms. The number of benzene rings is 3. The van der Waals surface area contributed by atoms with Gasteiger partial charge in [0, 0.05) is 22.3 Å². The molecule has 0 aliphatic heterocycles. The van der Waals surface area contributed by atoms with Crippen molar-refractivity contribution in [2.75, 3.05) is 24.9 Å². The molecule has 230 valence electrons. The largest absolute Gasteiger partial charge is 0.497 e. The molecule has 0 unspecified atom stereocenters. The standard InChI is InChI=1S/C34H35N7O4/c1-20-17-23-18-24(11-16-27(23)41(20)33(42)43)36-32-37-30(39-34(2,3)4)28-31(38-32)40(19-35-28)29(21-7-12-25(44-5)13-8-21)22-9-14-26(45-6)15-10-22/h7-19,29H,1-6H3,(H,42,43)(H2,36,37,38,39). The Bertz CT molecular complexity index is 1960. The van der Waals surface area contributed by atoms with E-state index in [-0.39, 0.29) is 11.6 Å². The Morgan fingerprint density at radius 3 is 2.07 bits per heavy atom. The van der Waals surface area contributed by atoms with E-state index < -0.39 is 6.09 Å². The molecule has 11 heteroatoms. The summed E-state index contributed by atoms with van der Waals surface area (Å²) < 4.78 is 14.2. The van der Waals surface area contributed by atoms with Gasteiger partial charge in [0.25, 0.3) is 0 Å². The van der Waals surface area contributed by atoms with Crippen LogP contribution in [0.2, 0.25) is 0 Å². The van der Waals surface area contributed by atoms with Crippen LogP contribution in [0.3, 0.4) is 0 Å². The lowest BCUT2D eigenvalue weighted by Crippen LogP contribution is -2.27. The van der Waals surface area contributed by atoms with Crippen LogP contribution in [0.15, 0.2) is 79.1 Å². The van der Waals surface area contributed by atoms with Gasteiger partial charge < -0.3 is 29.8 Å². The maximum absolute atomic E-state index is 11.8. The second-order valence-corrected chi connectivity index (χ2v) is 11.8. The van der Waals surface area contributed by atoms with Gasteiger partial charge in [-0.2, -0.15) is 9.97 Å². The molecule has 3 aromatic carbocycles. The molecule has 6 aromatic rings. The summed E-state index contributed by atoms with van der Waals surface area (Å²) in [4.78, 5) is 26.4. The third-order valence-corrected chi connectivity index (χ3v) is 7.49. The summed E-state index contributed by atoms with van der Waals surface area (Å²) in [5.41, 5.74) is 4.96. The lowest BCUT2D eigenvalue weighted by atomic mass is 9.98. The number of aryl methyl sites for hydroxylation is 1. The van der Waals surface area contributed by atoms with Crippen molar-refractivity contribution in [2.24, 2.45) is 0 Å². The summed E-state index contributed by atoms with van der Waals surface area (Å²) in [7, 11) is 3.30. The molecular weight excluding hydrogens is 570 g/mol. The lowest BCUT2D eigenvalue weighted by Gasteiger charge is -2.23. The SMILES string of the molecule is COc1ccc(C(c2ccc(OC)cc2)n2cnc3c(NC(C)(C)C)nc(Nc4ccc5c(c4)cc(C)n5C(=O)O)nc32)cc1. The number of imidazole rings is 1. The van der Waals surface area contributed by atoms with Crippen LogP contribution in [0.1, 0.15) is 43.6 Å². The van der Waals surface area contributed by atoms with Crippen LogP contribution >= 0.6 is 0 Å². The van der Waals surface area contributed by atoms with Gasteiger partial charge in [0.05, 0.1) is 32.1 Å². The van der Waals surface area contributed by atoms with Gasteiger partial charge in [-0.1, -0.05) is 24.3 Å². The number of nitrogens with one attached hydrogen (secondary N) is 2. The molecule has 45 heavy (non-hydrogen) atoms. The highest BCUT2D eigenvalue weighted by atomic mass is 16.5. The topological polar surface area (TPSA) is 128 Å². The first-order valence-electron chi connectivity index (χ1n) is 14.5. The minimum Gasteiger partial charge on any atom is -0.497 e. The van der Waals surface area contributed by atoms with Crippen molar-refractivity contribution in [2.45, 2.75) is 39.3 Å². The molecule has 0 radical (unpaired) electrons. The Kier molecular flexibility index (Phi) is 7.53. The van der Waals surface area contributed by atoms with E-state index in [1.165, 1.54) is 4.57 Å². The molecule has 6 rings (SSSR count). The van der Waals surface area contributed by atoms with Crippen molar-refractivity contribution in [1.29, 1.82) is 0 Å². The number of hydrogen-bond donors (Lipinski definition) is 3. The zero-order chi connectivity index (χ0) is 31.9. The van der Waals surface area contributed by atoms with Crippen molar-refractivity contribution < 1.29 is 19.4 Å². The van der Waals surface area contributed by atoms with Crippen LogP contribution in [0.4, 0.5) is 22.2 Å². The summed E-state index contributed by atoms with van der Waals surface area (Å²) in [6, 6.07) is 23.0. The molecule has 3 heterocycles. The Hall–Kier alpha value is -5.58. The van der Waals surface area contributed by atoms with Crippen molar-refractivity contribution in [3.63, 3.8) is 0 Å². The van der Waals surface area contributed by atoms with Gasteiger partial charge in [-0.15, -0.1) is 0 Å². The fourth-order valence-corrected chi connectivity index (χ4v) is 5.50. The van der Waals surface area contributed by atoms with Crippen LogP contribution in [0.25, 0.3) is 22.1 Å². The highest BCUT2D eigenvalue weighted by molar-refractivity contribution is 5.92. The average Bonchev–Trinajstić information content (AvgIpc) is 3.57. The summed E-state index contributed by atoms with van der Waals surface area (Å²) in [6.07, 6.45) is 0.769. The third kappa shape index (κ3) is 5.84. The fourth-order valence-electron chi connectivity index (χ4n) is 5.50. The van der Waals surface area contributed by atoms with E-state index in [1.807, 2.05) is 71.3 Å². The van der Waals surface area contributed by atoms with Crippen LogP contribution in [-0.2, 0) is 0 Å². The molecule has 11 nitrogen and oxygen atoms in total. The minimum atomic E-state index is -1.02. The van der Waals surface area contributed by atoms with E-state index in [2.05, 4.69) is 31.4 Å². The lowest BCUT2D eigenvalue weighted by molar-refractivity contribution is 0.197. The van der Waals surface area contributed by atoms with E-state index in [0.29, 0.717) is 34.1 Å². The van der Waals surface area contributed by atoms with Crippen LogP contribution < -0.4 is 20.1 Å². The minimum absolute atomic E-state index is 0.271. The second kappa shape index (κ2) is 11.5. The first-order chi connectivity index (χ1) is 21.5. The number of ether oxygens (including phenoxy) is 2. The molecule has 3 N–H and O–H groups in total. The highest BCUT2D eigenvalue weighted by Gasteiger charge is 2.24. The Morgan fingerprint density at radius 2 is 1.51 bits per heavy atom. The van der Waals surface area contributed by atoms with Crippen LogP contribution in [0, 0.1) is 6.92 Å². The van der Waals surface area contributed by atoms with Gasteiger partial charge in [-0.25, -0.2) is 9.78 Å². The molecule has 0 amide bonds. The molecule has 0 spiro atoms. The average molecular weight is 606 g/mol. The van der Waals surface area contributed by atoms with Crippen LogP contribution in [0.5, 0.6) is 11.5 Å². The first kappa shape index (κ1) is 29.5. The number of fused-ring (bicyclic) bond motifs is 2. The second-order valence-electron chi connectivity index (χ2n) is 11.8. The number of methoxy groups -OCH3 is 2. The molecular formula is C34H35N7O4. The highest BCUT2D eigenvalue weighted by Crippen LogP contribution is 2.34. The number of nitrogens with zero attached hydrogens (tertiary/aromatic N) is 5. The number of carboxylic acid groups (broad SMARTS) is 1. The Morgan fingerprint density at radius 1 is 0.889 bits per heavy atom. The Balaban J connectivity index is 1.50. The first-order valence-corrected chi connectivity index (χ1v) is 14.5. The third-order valence-electron chi connectivity index (χ3n) is 7.49. The zero-order valence-electron chi connectivity index (χ0n) is 26.0. The molecule has 0 aliphatic carbocycles. The molecule has 0 saturated carbocycles. The number of carbonyl (C=O) groups is 1. The van der Waals surface area contributed by atoms with Gasteiger partial charge in [-0.05, 0) is 87.4 Å². The van der Waals surface area contributed by atoms with Crippen LogP contribution in [-0.4, -0.2) is 55.0 Å². The van der Waals surface area contributed by atoms with Crippen molar-refractivity contribution in [3.8, 4) is 11.5 Å². The number of rotatable bonds is 8. The van der Waals surface area contributed by atoms with Crippen molar-refractivity contribution in [1.82, 2.24) is 24.1 Å². The maximum atomic E-state index is 11.8. The quantitative estimate of drug-likeness (QED) is 0.165. The molecule has 0 aliphatic rings. The summed E-state index contributed by atoms with van der Waals surface area (Å²) in [5, 5.41) is 17.3. The monoisotopic (exact) mass is 605 g/mol. The predicted molar refractivity (Wildman–Crippen MR) is 175 cm³/mol. The smallest absolute Gasteiger partial charge is 0.416 e. The Labute approximate surface area is 260 Å². The summed E-state index contributed by atoms with van der Waals surface area (Å²) >= 11 is 0. The number of aromatic nitrogens is 5. The predicted octanol–water partition coefficient (Wildman–Crippen LogP) is 7.22. The molecule has 0 fully saturated rings. The van der Waals surface area contributed by atoms with E-state index >= 15 is 0 Å². The molecule has 0 saturated heterocycles. The fraction of sp³-hybridized carbons (Fsp3) is 0.235. The normalized spacial score (nSPS) is 11.7. The van der Waals surface area contributed by atoms with Gasteiger partial charge in [0.2, 0.25) is 5.95 Å². The summed E-state index contributed by atoms with van der Waals surface area (Å²) in [6.45, 7) is 7.95. The van der Waals surface area contributed by atoms with Gasteiger partial charge >= 0.3 is 6.09 Å². The molecule has 3 aromatic heterocycles. The van der Waals surface area contributed by atoms with E-state index in [1.54, 1.807) is 33.5 Å². The van der Waals surface area contributed by atoms with E-state index in [0.717, 1.165) is 33.7 Å². The van der Waals surface area contributed by atoms with E-state index in [9.17, 15) is 9.90 Å². The van der Waals surface area contributed by atoms with Crippen molar-refractivity contribution in [3.05, 3.63) is 95.9 Å². The van der Waals surface area contributed by atoms with Gasteiger partial charge in [-0.3, -0.25) is 4.57 Å². The number of anilines is 3. The number of hydrogen-bond acceptors (Lipinski definition) is 8. The van der Waals surface area contributed by atoms with E-state index in [4.69, 9.17) is 24.4 Å². The van der Waals surface area contributed by atoms with Gasteiger partial charge in [0.1, 0.15) is 11.5 Å². The maximum Gasteiger partial charge on any atom is 0.416 e. The van der Waals surface area contributed by atoms with Crippen molar-refractivity contribution >= 4 is 45.6 Å². The van der Waals surface area contributed by atoms with Gasteiger partial charge in [0.15, 0.2) is 17.0 Å². The molecule has 0 atom stereocenters.